The summed E-state index contributed by atoms with van der Waals surface area (Å²) in [4.78, 5) is 35.9. The molecule has 1 atom stereocenters. The Bertz CT molecular complexity index is 1400. The summed E-state index contributed by atoms with van der Waals surface area (Å²) in [5.74, 6) is 1.67. The molecule has 4 heterocycles. The SMILES string of the molecule is NC(=O)c1ccc(NC(=O)[C@@H]2CCCN2c2nc(Nc3cc(C4CC4)[nH]n3)n3cccc3n2)cc1. The van der Waals surface area contributed by atoms with Crippen LogP contribution in [-0.2, 0) is 4.79 Å². The Hall–Kier alpha value is -4.41. The van der Waals surface area contributed by atoms with Gasteiger partial charge in [0.2, 0.25) is 23.7 Å². The number of primary amides is 1. The molecule has 11 nitrogen and oxygen atoms in total. The molecule has 6 rings (SSSR count). The standard InChI is InChI=1S/C24H25N9O2/c25-21(34)15-7-9-16(10-8-15)26-22(35)18-3-1-11-32(18)24-28-20-4-2-12-33(20)23(29-24)27-19-13-17(30-31-19)14-5-6-14/h2,4,7-10,12-14,18H,1,3,5-6,11H2,(H2,25,34)(H,26,35)(H2,27,28,29,30,31)/t18-/m0/s1. The molecule has 11 heteroatoms. The summed E-state index contributed by atoms with van der Waals surface area (Å²) < 4.78 is 1.86. The predicted molar refractivity (Wildman–Crippen MR) is 131 cm³/mol. The Morgan fingerprint density at radius 3 is 2.69 bits per heavy atom. The Kier molecular flexibility index (Phi) is 5.09. The van der Waals surface area contributed by atoms with E-state index < -0.39 is 11.9 Å². The number of hydrogen-bond donors (Lipinski definition) is 4. The number of anilines is 4. The molecule has 0 bridgehead atoms. The molecule has 3 aromatic heterocycles. The zero-order chi connectivity index (χ0) is 23.9. The number of H-pyrrole nitrogens is 1. The third kappa shape index (κ3) is 4.16. The molecule has 1 aliphatic carbocycles. The van der Waals surface area contributed by atoms with Crippen LogP contribution >= 0.6 is 0 Å². The monoisotopic (exact) mass is 471 g/mol. The fraction of sp³-hybridized carbons (Fsp3) is 0.292. The van der Waals surface area contributed by atoms with Gasteiger partial charge in [-0.1, -0.05) is 0 Å². The highest BCUT2D eigenvalue weighted by Crippen LogP contribution is 2.39. The summed E-state index contributed by atoms with van der Waals surface area (Å²) in [6.07, 6.45) is 5.80. The lowest BCUT2D eigenvalue weighted by atomic mass is 10.1. The van der Waals surface area contributed by atoms with Crippen LogP contribution in [-0.4, -0.2) is 49.0 Å². The van der Waals surface area contributed by atoms with Gasteiger partial charge in [0.1, 0.15) is 11.7 Å². The number of aromatic amines is 1. The Labute approximate surface area is 200 Å². The number of carbonyl (C=O) groups is 2. The summed E-state index contributed by atoms with van der Waals surface area (Å²) in [5.41, 5.74) is 8.14. The zero-order valence-electron chi connectivity index (χ0n) is 18.9. The molecule has 0 unspecified atom stereocenters. The number of hydrogen-bond acceptors (Lipinski definition) is 7. The highest BCUT2D eigenvalue weighted by atomic mass is 16.2. The van der Waals surface area contributed by atoms with Crippen molar-refractivity contribution in [1.82, 2.24) is 24.6 Å². The van der Waals surface area contributed by atoms with Gasteiger partial charge in [-0.15, -0.1) is 0 Å². The van der Waals surface area contributed by atoms with Crippen molar-refractivity contribution >= 4 is 40.9 Å². The second kappa shape index (κ2) is 8.42. The molecule has 0 spiro atoms. The van der Waals surface area contributed by atoms with Crippen LogP contribution in [0.25, 0.3) is 5.65 Å². The normalized spacial score (nSPS) is 17.6. The second-order valence-electron chi connectivity index (χ2n) is 8.97. The topological polar surface area (TPSA) is 146 Å². The van der Waals surface area contributed by atoms with E-state index >= 15 is 0 Å². The number of aromatic nitrogens is 5. The van der Waals surface area contributed by atoms with Gasteiger partial charge in [-0.25, -0.2) is 0 Å². The van der Waals surface area contributed by atoms with E-state index in [4.69, 9.17) is 15.7 Å². The number of amides is 2. The van der Waals surface area contributed by atoms with E-state index in [0.29, 0.717) is 47.8 Å². The second-order valence-corrected chi connectivity index (χ2v) is 8.97. The fourth-order valence-corrected chi connectivity index (χ4v) is 4.48. The minimum absolute atomic E-state index is 0.149. The fourth-order valence-electron chi connectivity index (χ4n) is 4.48. The van der Waals surface area contributed by atoms with E-state index in [1.54, 1.807) is 24.3 Å². The molecule has 1 aromatic carbocycles. The number of rotatable bonds is 7. The Morgan fingerprint density at radius 2 is 1.91 bits per heavy atom. The van der Waals surface area contributed by atoms with Crippen LogP contribution in [0.2, 0.25) is 0 Å². The molecule has 2 amide bonds. The highest BCUT2D eigenvalue weighted by Gasteiger charge is 2.33. The molecule has 5 N–H and O–H groups in total. The first kappa shape index (κ1) is 21.1. The van der Waals surface area contributed by atoms with Gasteiger partial charge >= 0.3 is 0 Å². The molecule has 2 aliphatic rings. The van der Waals surface area contributed by atoms with Crippen LogP contribution in [0.3, 0.4) is 0 Å². The minimum atomic E-state index is -0.509. The lowest BCUT2D eigenvalue weighted by Gasteiger charge is -2.24. The van der Waals surface area contributed by atoms with Gasteiger partial charge in [0.15, 0.2) is 5.82 Å². The first-order chi connectivity index (χ1) is 17.0. The van der Waals surface area contributed by atoms with Gasteiger partial charge in [0.05, 0.1) is 0 Å². The molecule has 0 radical (unpaired) electrons. The van der Waals surface area contributed by atoms with E-state index in [2.05, 4.69) is 20.8 Å². The van der Waals surface area contributed by atoms with Crippen molar-refractivity contribution in [1.29, 1.82) is 0 Å². The summed E-state index contributed by atoms with van der Waals surface area (Å²) in [6.45, 7) is 0.670. The number of fused-ring (bicyclic) bond motifs is 1. The van der Waals surface area contributed by atoms with Gasteiger partial charge in [-0.05, 0) is 62.1 Å². The maximum atomic E-state index is 13.1. The molecule has 2 fully saturated rings. The van der Waals surface area contributed by atoms with E-state index in [9.17, 15) is 9.59 Å². The van der Waals surface area contributed by atoms with Crippen molar-refractivity contribution in [2.45, 2.75) is 37.6 Å². The maximum absolute atomic E-state index is 13.1. The average Bonchev–Trinajstić information content (AvgIpc) is 3.24. The van der Waals surface area contributed by atoms with Crippen LogP contribution in [0.15, 0.2) is 48.7 Å². The smallest absolute Gasteiger partial charge is 0.248 e. The Balaban J connectivity index is 1.24. The van der Waals surface area contributed by atoms with Crippen LogP contribution in [0, 0.1) is 0 Å². The van der Waals surface area contributed by atoms with Crippen LogP contribution in [0.1, 0.15) is 47.7 Å². The maximum Gasteiger partial charge on any atom is 0.248 e. The summed E-state index contributed by atoms with van der Waals surface area (Å²) in [5, 5.41) is 13.7. The van der Waals surface area contributed by atoms with Crippen molar-refractivity contribution in [2.24, 2.45) is 5.73 Å². The third-order valence-corrected chi connectivity index (χ3v) is 6.48. The van der Waals surface area contributed by atoms with E-state index in [-0.39, 0.29) is 5.91 Å². The van der Waals surface area contributed by atoms with Crippen molar-refractivity contribution < 1.29 is 9.59 Å². The van der Waals surface area contributed by atoms with Gasteiger partial charge < -0.3 is 21.3 Å². The van der Waals surface area contributed by atoms with Crippen molar-refractivity contribution in [3.63, 3.8) is 0 Å². The molecule has 1 aliphatic heterocycles. The number of nitrogens with one attached hydrogen (secondary N) is 3. The average molecular weight is 472 g/mol. The lowest BCUT2D eigenvalue weighted by molar-refractivity contribution is -0.117. The highest BCUT2D eigenvalue weighted by molar-refractivity contribution is 5.98. The van der Waals surface area contributed by atoms with E-state index in [0.717, 1.165) is 17.8 Å². The van der Waals surface area contributed by atoms with Gasteiger partial charge in [-0.2, -0.15) is 15.1 Å². The molecule has 35 heavy (non-hydrogen) atoms. The quantitative estimate of drug-likeness (QED) is 0.324. The summed E-state index contributed by atoms with van der Waals surface area (Å²) in [7, 11) is 0. The number of benzene rings is 1. The molecule has 1 saturated heterocycles. The van der Waals surface area contributed by atoms with Crippen molar-refractivity contribution in [3.05, 3.63) is 59.9 Å². The van der Waals surface area contributed by atoms with Gasteiger partial charge in [0, 0.05) is 41.7 Å². The molecular weight excluding hydrogens is 446 g/mol. The van der Waals surface area contributed by atoms with E-state index in [1.165, 1.54) is 12.8 Å². The van der Waals surface area contributed by atoms with Gasteiger partial charge in [0.25, 0.3) is 0 Å². The predicted octanol–water partition coefficient (Wildman–Crippen LogP) is 2.78. The summed E-state index contributed by atoms with van der Waals surface area (Å²) >= 11 is 0. The van der Waals surface area contributed by atoms with Crippen molar-refractivity contribution in [2.75, 3.05) is 22.1 Å². The largest absolute Gasteiger partial charge is 0.366 e. The lowest BCUT2D eigenvalue weighted by Crippen LogP contribution is -2.40. The molecular formula is C24H25N9O2. The molecule has 178 valence electrons. The summed E-state index contributed by atoms with van der Waals surface area (Å²) in [6, 6.07) is 11.9. The van der Waals surface area contributed by atoms with Gasteiger partial charge in [-0.3, -0.25) is 19.1 Å². The van der Waals surface area contributed by atoms with Crippen LogP contribution in [0.4, 0.5) is 23.4 Å². The minimum Gasteiger partial charge on any atom is -0.366 e. The first-order valence-corrected chi connectivity index (χ1v) is 11.7. The van der Waals surface area contributed by atoms with Crippen LogP contribution in [0.5, 0.6) is 0 Å². The van der Waals surface area contributed by atoms with Crippen LogP contribution < -0.4 is 21.3 Å². The van der Waals surface area contributed by atoms with Crippen molar-refractivity contribution in [3.8, 4) is 0 Å². The molecule has 1 saturated carbocycles. The molecule has 4 aromatic rings. The number of carbonyl (C=O) groups excluding carboxylic acids is 2. The first-order valence-electron chi connectivity index (χ1n) is 11.7. The van der Waals surface area contributed by atoms with E-state index in [1.807, 2.05) is 33.7 Å². The number of nitrogens with two attached hydrogens (primary N) is 1. The Morgan fingerprint density at radius 1 is 1.09 bits per heavy atom. The third-order valence-electron chi connectivity index (χ3n) is 6.48. The number of nitrogens with zero attached hydrogens (tertiary/aromatic N) is 5. The zero-order valence-corrected chi connectivity index (χ0v) is 18.9.